The summed E-state index contributed by atoms with van der Waals surface area (Å²) < 4.78 is 5.13. The van der Waals surface area contributed by atoms with Gasteiger partial charge < -0.3 is 4.74 Å². The van der Waals surface area contributed by atoms with Gasteiger partial charge in [0.25, 0.3) is 23.4 Å². The summed E-state index contributed by atoms with van der Waals surface area (Å²) in [6.45, 7) is 1.46. The number of imide groups is 1. The molecule has 5 rings (SSSR count). The molecule has 3 aliphatic rings. The molecule has 10 nitrogen and oxygen atoms in total. The Morgan fingerprint density at radius 2 is 1.50 bits per heavy atom. The van der Waals surface area contributed by atoms with Crippen LogP contribution in [0.4, 0.5) is 5.69 Å². The Morgan fingerprint density at radius 1 is 0.972 bits per heavy atom. The van der Waals surface area contributed by atoms with Gasteiger partial charge >= 0.3 is 0 Å². The van der Waals surface area contributed by atoms with E-state index in [-0.39, 0.29) is 28.7 Å². The maximum absolute atomic E-state index is 13.7. The number of hydrogen-bond donors (Lipinski definition) is 0. The van der Waals surface area contributed by atoms with Crippen LogP contribution >= 0.6 is 0 Å². The van der Waals surface area contributed by atoms with Crippen molar-refractivity contribution in [1.29, 1.82) is 0 Å². The minimum absolute atomic E-state index is 0.00809. The number of ether oxygens (including phenoxy) is 1. The third kappa shape index (κ3) is 3.57. The molecule has 2 aromatic carbocycles. The molecule has 184 valence electrons. The van der Waals surface area contributed by atoms with Gasteiger partial charge in [0, 0.05) is 23.3 Å². The Bertz CT molecular complexity index is 1270. The van der Waals surface area contributed by atoms with Crippen molar-refractivity contribution in [2.24, 2.45) is 23.7 Å². The van der Waals surface area contributed by atoms with E-state index >= 15 is 0 Å². The molecule has 0 radical (unpaired) electrons. The van der Waals surface area contributed by atoms with Crippen LogP contribution in [0.25, 0.3) is 0 Å². The van der Waals surface area contributed by atoms with Crippen LogP contribution < -0.4 is 4.74 Å². The molecule has 1 saturated heterocycles. The highest BCUT2D eigenvalue weighted by Gasteiger charge is 2.61. The van der Waals surface area contributed by atoms with Crippen molar-refractivity contribution in [2.75, 3.05) is 7.11 Å². The minimum Gasteiger partial charge on any atom is -0.497 e. The van der Waals surface area contributed by atoms with Crippen LogP contribution in [0.1, 0.15) is 34.1 Å². The van der Waals surface area contributed by atoms with E-state index in [9.17, 15) is 29.3 Å². The maximum atomic E-state index is 13.7. The molecule has 2 fully saturated rings. The summed E-state index contributed by atoms with van der Waals surface area (Å²) in [6, 6.07) is 9.88. The molecule has 2 aromatic rings. The van der Waals surface area contributed by atoms with Crippen LogP contribution in [0.2, 0.25) is 0 Å². The SMILES string of the molecule is COc1ccc(C(=O)[C@H](C)N(C(=O)c2ccc([N+](=O)[O-])cc2)N2C(=O)[C@@H]3[C@H](C2=O)[C@H]2C=C[C@H]3C2)cc1. The van der Waals surface area contributed by atoms with Gasteiger partial charge in [-0.3, -0.25) is 29.3 Å². The predicted molar refractivity (Wildman–Crippen MR) is 126 cm³/mol. The highest BCUT2D eigenvalue weighted by molar-refractivity contribution is 6.11. The van der Waals surface area contributed by atoms with Gasteiger partial charge in [-0.25, -0.2) is 5.01 Å². The van der Waals surface area contributed by atoms with Crippen molar-refractivity contribution in [3.05, 3.63) is 81.9 Å². The highest BCUT2D eigenvalue weighted by Crippen LogP contribution is 2.53. The van der Waals surface area contributed by atoms with Crippen LogP contribution in [-0.4, -0.2) is 51.6 Å². The number of nitrogens with zero attached hydrogens (tertiary/aromatic N) is 3. The number of nitro benzene ring substituents is 1. The van der Waals surface area contributed by atoms with E-state index in [2.05, 4.69) is 0 Å². The summed E-state index contributed by atoms with van der Waals surface area (Å²) in [7, 11) is 1.49. The van der Waals surface area contributed by atoms with Crippen molar-refractivity contribution in [1.82, 2.24) is 10.0 Å². The van der Waals surface area contributed by atoms with Gasteiger partial charge in [0.1, 0.15) is 11.8 Å². The average molecular weight is 489 g/mol. The van der Waals surface area contributed by atoms with Gasteiger partial charge in [-0.05, 0) is 61.6 Å². The van der Waals surface area contributed by atoms with E-state index in [0.717, 1.165) is 28.6 Å². The number of hydrogen-bond acceptors (Lipinski definition) is 7. The Balaban J connectivity index is 1.52. The fraction of sp³-hybridized carbons (Fsp3) is 0.308. The second-order valence-electron chi connectivity index (χ2n) is 9.21. The first kappa shape index (κ1) is 23.4. The lowest BCUT2D eigenvalue weighted by Crippen LogP contribution is -2.56. The molecule has 1 saturated carbocycles. The maximum Gasteiger partial charge on any atom is 0.273 e. The summed E-state index contributed by atoms with van der Waals surface area (Å²) >= 11 is 0. The van der Waals surface area contributed by atoms with Gasteiger partial charge in [-0.2, -0.15) is 5.01 Å². The fourth-order valence-corrected chi connectivity index (χ4v) is 5.50. The average Bonchev–Trinajstić information content (AvgIpc) is 3.58. The quantitative estimate of drug-likeness (QED) is 0.192. The topological polar surface area (TPSA) is 127 Å². The first-order valence-corrected chi connectivity index (χ1v) is 11.5. The third-order valence-corrected chi connectivity index (χ3v) is 7.32. The van der Waals surface area contributed by atoms with Crippen molar-refractivity contribution >= 4 is 29.2 Å². The van der Waals surface area contributed by atoms with E-state index in [1.165, 1.54) is 26.2 Å². The van der Waals surface area contributed by atoms with Crippen LogP contribution in [0.5, 0.6) is 5.75 Å². The number of ketones is 1. The second kappa shape index (κ2) is 8.71. The molecule has 36 heavy (non-hydrogen) atoms. The molecule has 1 aliphatic heterocycles. The molecule has 0 N–H and O–H groups in total. The molecule has 0 unspecified atom stereocenters. The van der Waals surface area contributed by atoms with Crippen molar-refractivity contribution < 1.29 is 28.8 Å². The lowest BCUT2D eigenvalue weighted by Gasteiger charge is -2.35. The largest absolute Gasteiger partial charge is 0.497 e. The molecule has 0 spiro atoms. The first-order valence-electron chi connectivity index (χ1n) is 11.5. The summed E-state index contributed by atoms with van der Waals surface area (Å²) in [5.74, 6) is -3.02. The molecule has 10 heteroatoms. The Morgan fingerprint density at radius 3 is 2.00 bits per heavy atom. The number of amides is 3. The number of fused-ring (bicyclic) bond motifs is 5. The predicted octanol–water partition coefficient (Wildman–Crippen LogP) is 3.04. The van der Waals surface area contributed by atoms with E-state index in [0.29, 0.717) is 5.75 Å². The summed E-state index contributed by atoms with van der Waals surface area (Å²) in [6.07, 6.45) is 4.60. The molecular formula is C26H23N3O7. The van der Waals surface area contributed by atoms with Crippen LogP contribution in [0.15, 0.2) is 60.7 Å². The summed E-state index contributed by atoms with van der Waals surface area (Å²) in [5, 5.41) is 12.8. The van der Waals surface area contributed by atoms with Gasteiger partial charge in [-0.15, -0.1) is 0 Å². The normalized spacial score (nSPS) is 24.6. The van der Waals surface area contributed by atoms with Gasteiger partial charge in [0.15, 0.2) is 5.78 Å². The number of Topliss-reactive ketones (excluding diaryl/α,β-unsaturated/α-hetero) is 1. The number of hydrazine groups is 1. The minimum atomic E-state index is -1.21. The zero-order valence-corrected chi connectivity index (χ0v) is 19.6. The fourth-order valence-electron chi connectivity index (χ4n) is 5.50. The van der Waals surface area contributed by atoms with Gasteiger partial charge in [0.05, 0.1) is 23.9 Å². The smallest absolute Gasteiger partial charge is 0.273 e. The monoisotopic (exact) mass is 489 g/mol. The van der Waals surface area contributed by atoms with Crippen LogP contribution in [0, 0.1) is 33.8 Å². The van der Waals surface area contributed by atoms with Gasteiger partial charge in [-0.1, -0.05) is 12.2 Å². The van der Waals surface area contributed by atoms with E-state index in [1.54, 1.807) is 24.3 Å². The molecule has 1 heterocycles. The zero-order chi connectivity index (χ0) is 25.7. The number of methoxy groups -OCH3 is 1. The van der Waals surface area contributed by atoms with Crippen LogP contribution in [0.3, 0.4) is 0 Å². The first-order chi connectivity index (χ1) is 17.2. The Kier molecular flexibility index (Phi) is 5.66. The number of allylic oxidation sites excluding steroid dienone is 2. The molecular weight excluding hydrogens is 466 g/mol. The van der Waals surface area contributed by atoms with Gasteiger partial charge in [0.2, 0.25) is 0 Å². The number of nitro groups is 1. The number of non-ortho nitro benzene ring substituents is 1. The second-order valence-corrected chi connectivity index (χ2v) is 9.21. The number of benzene rings is 2. The lowest BCUT2D eigenvalue weighted by molar-refractivity contribution is -0.384. The lowest BCUT2D eigenvalue weighted by atomic mass is 9.85. The van der Waals surface area contributed by atoms with Crippen LogP contribution in [-0.2, 0) is 9.59 Å². The van der Waals surface area contributed by atoms with E-state index in [1.807, 2.05) is 12.2 Å². The molecule has 5 atom stereocenters. The summed E-state index contributed by atoms with van der Waals surface area (Å²) in [5.41, 5.74) is 0.0607. The summed E-state index contributed by atoms with van der Waals surface area (Å²) in [4.78, 5) is 64.6. The zero-order valence-electron chi connectivity index (χ0n) is 19.6. The van der Waals surface area contributed by atoms with E-state index in [4.69, 9.17) is 4.74 Å². The standard InChI is InChI=1S/C26H23N3O7/c1-14(23(30)15-7-11-20(36-2)12-8-15)27(24(31)16-5-9-19(10-6-16)29(34)35)28-25(32)21-17-3-4-18(13-17)22(21)26(28)33/h3-12,14,17-18,21-22H,13H2,1-2H3/t14-,17-,18-,21-,22+/m0/s1. The Hall–Kier alpha value is -4.34. The number of carbonyl (C=O) groups is 4. The number of carbonyl (C=O) groups excluding carboxylic acids is 4. The molecule has 2 aliphatic carbocycles. The van der Waals surface area contributed by atoms with Crippen molar-refractivity contribution in [3.8, 4) is 5.75 Å². The van der Waals surface area contributed by atoms with Crippen molar-refractivity contribution in [3.63, 3.8) is 0 Å². The molecule has 2 bridgehead atoms. The molecule has 3 amide bonds. The third-order valence-electron chi connectivity index (χ3n) is 7.32. The number of rotatable bonds is 7. The van der Waals surface area contributed by atoms with E-state index < -0.39 is 46.3 Å². The molecule has 0 aromatic heterocycles. The highest BCUT2D eigenvalue weighted by atomic mass is 16.6. The Labute approximate surface area is 206 Å². The van der Waals surface area contributed by atoms with Crippen molar-refractivity contribution in [2.45, 2.75) is 19.4 Å².